The number of ether oxygens (including phenoxy) is 2. The summed E-state index contributed by atoms with van der Waals surface area (Å²) in [6.45, 7) is 12.0. The summed E-state index contributed by atoms with van der Waals surface area (Å²) >= 11 is 0. The largest absolute Gasteiger partial charge is 0.455 e. The molecule has 1 atom stereocenters. The molecular weight excluding hydrogens is 386 g/mol. The van der Waals surface area contributed by atoms with Crippen LogP contribution in [0, 0.1) is 0 Å². The van der Waals surface area contributed by atoms with Crippen molar-refractivity contribution in [2.75, 3.05) is 18.8 Å². The summed E-state index contributed by atoms with van der Waals surface area (Å²) in [5, 5.41) is 5.04. The molecule has 9 heteroatoms. The summed E-state index contributed by atoms with van der Waals surface area (Å²) in [5.41, 5.74) is 5.70. The molecule has 2 aromatic heterocycles. The van der Waals surface area contributed by atoms with Crippen LogP contribution in [0.3, 0.4) is 0 Å². The number of carbonyl (C=O) groups is 2. The highest BCUT2D eigenvalue weighted by Crippen LogP contribution is 2.31. The second-order valence-electron chi connectivity index (χ2n) is 9.61. The van der Waals surface area contributed by atoms with E-state index in [0.29, 0.717) is 24.0 Å². The Hall–Kier alpha value is -2.84. The minimum absolute atomic E-state index is 0.119. The van der Waals surface area contributed by atoms with Crippen LogP contribution in [-0.2, 0) is 9.47 Å². The predicted octanol–water partition coefficient (Wildman–Crippen LogP) is 3.54. The number of anilines is 1. The second kappa shape index (κ2) is 7.77. The summed E-state index contributed by atoms with van der Waals surface area (Å²) in [6.07, 6.45) is 2.85. The highest BCUT2D eigenvalue weighted by molar-refractivity contribution is 6.06. The van der Waals surface area contributed by atoms with Gasteiger partial charge in [0.1, 0.15) is 17.0 Å². The van der Waals surface area contributed by atoms with Gasteiger partial charge in [-0.25, -0.2) is 14.6 Å². The molecule has 0 aliphatic carbocycles. The van der Waals surface area contributed by atoms with E-state index in [1.54, 1.807) is 42.6 Å². The Bertz CT molecular complexity index is 955. The fraction of sp³-hybridized carbons (Fsp3) is 0.619. The van der Waals surface area contributed by atoms with E-state index < -0.39 is 17.2 Å². The molecule has 30 heavy (non-hydrogen) atoms. The van der Waals surface area contributed by atoms with Crippen LogP contribution in [0.5, 0.6) is 0 Å². The number of aromatic nitrogens is 3. The molecule has 1 aliphatic heterocycles. The number of piperidine rings is 1. The number of carbonyl (C=O) groups excluding carboxylic acids is 2. The standard InChI is InChI=1S/C21H31N5O4/c1-20(2,3)29-18(27)16-15-14(9-10-23-17(15)22)26(24-16)13-8-7-11-25(12-13)19(28)30-21(4,5)6/h9-10,13H,7-8,11-12H2,1-6H3,(H2,22,23)/t13-/m1/s1. The highest BCUT2D eigenvalue weighted by Gasteiger charge is 2.32. The van der Waals surface area contributed by atoms with Crippen molar-refractivity contribution >= 4 is 28.8 Å². The van der Waals surface area contributed by atoms with Gasteiger partial charge < -0.3 is 20.1 Å². The Morgan fingerprint density at radius 2 is 1.80 bits per heavy atom. The van der Waals surface area contributed by atoms with Crippen molar-refractivity contribution in [3.63, 3.8) is 0 Å². The van der Waals surface area contributed by atoms with Gasteiger partial charge in [-0.05, 0) is 60.5 Å². The number of amides is 1. The number of likely N-dealkylation sites (tertiary alicyclic amines) is 1. The molecule has 1 amide bonds. The minimum atomic E-state index is -0.664. The number of nitrogen functional groups attached to an aromatic ring is 1. The first-order chi connectivity index (χ1) is 13.9. The molecule has 0 unspecified atom stereocenters. The van der Waals surface area contributed by atoms with Crippen LogP contribution in [0.25, 0.3) is 10.9 Å². The number of fused-ring (bicyclic) bond motifs is 1. The van der Waals surface area contributed by atoms with Crippen LogP contribution in [0.15, 0.2) is 12.3 Å². The summed E-state index contributed by atoms with van der Waals surface area (Å²) in [6, 6.07) is 1.66. The first-order valence-corrected chi connectivity index (χ1v) is 10.2. The number of nitrogens with two attached hydrogens (primary N) is 1. The monoisotopic (exact) mass is 417 g/mol. The number of esters is 1. The van der Waals surface area contributed by atoms with Crippen molar-refractivity contribution in [3.05, 3.63) is 18.0 Å². The van der Waals surface area contributed by atoms with Gasteiger partial charge in [0.15, 0.2) is 5.69 Å². The lowest BCUT2D eigenvalue weighted by molar-refractivity contribution is 0.00585. The maximum atomic E-state index is 12.8. The molecule has 2 aromatic rings. The molecular formula is C21H31N5O4. The summed E-state index contributed by atoms with van der Waals surface area (Å²) in [7, 11) is 0. The zero-order chi connectivity index (χ0) is 22.3. The summed E-state index contributed by atoms with van der Waals surface area (Å²) in [4.78, 5) is 31.1. The second-order valence-corrected chi connectivity index (χ2v) is 9.61. The lowest BCUT2D eigenvalue weighted by Gasteiger charge is -2.34. The average Bonchev–Trinajstić information content (AvgIpc) is 3.00. The molecule has 1 aliphatic rings. The van der Waals surface area contributed by atoms with Gasteiger partial charge in [-0.15, -0.1) is 0 Å². The van der Waals surface area contributed by atoms with Crippen LogP contribution in [0.4, 0.5) is 10.6 Å². The molecule has 0 bridgehead atoms. The Morgan fingerprint density at radius 1 is 1.13 bits per heavy atom. The van der Waals surface area contributed by atoms with E-state index in [-0.39, 0.29) is 23.6 Å². The quantitative estimate of drug-likeness (QED) is 0.744. The first kappa shape index (κ1) is 21.9. The van der Waals surface area contributed by atoms with Crippen molar-refractivity contribution in [2.45, 2.75) is 71.6 Å². The van der Waals surface area contributed by atoms with Gasteiger partial charge >= 0.3 is 12.1 Å². The van der Waals surface area contributed by atoms with Crippen LogP contribution in [0.2, 0.25) is 0 Å². The van der Waals surface area contributed by atoms with E-state index in [1.165, 1.54) is 0 Å². The van der Waals surface area contributed by atoms with Crippen LogP contribution < -0.4 is 5.73 Å². The normalized spacial score (nSPS) is 17.8. The summed E-state index contributed by atoms with van der Waals surface area (Å²) in [5.74, 6) is -0.329. The van der Waals surface area contributed by atoms with Gasteiger partial charge in [-0.1, -0.05) is 0 Å². The molecule has 0 radical (unpaired) electrons. The minimum Gasteiger partial charge on any atom is -0.455 e. The van der Waals surface area contributed by atoms with Crippen molar-refractivity contribution in [1.29, 1.82) is 0 Å². The molecule has 1 fully saturated rings. The van der Waals surface area contributed by atoms with Gasteiger partial charge in [0, 0.05) is 19.3 Å². The van der Waals surface area contributed by atoms with Crippen LogP contribution in [-0.4, -0.2) is 56.0 Å². The fourth-order valence-electron chi connectivity index (χ4n) is 3.51. The third-order valence-corrected chi connectivity index (χ3v) is 4.64. The molecule has 2 N–H and O–H groups in total. The van der Waals surface area contributed by atoms with Crippen molar-refractivity contribution in [2.24, 2.45) is 0 Å². The zero-order valence-electron chi connectivity index (χ0n) is 18.6. The number of hydrogen-bond donors (Lipinski definition) is 1. The topological polar surface area (TPSA) is 113 Å². The van der Waals surface area contributed by atoms with Crippen molar-refractivity contribution in [1.82, 2.24) is 19.7 Å². The molecule has 1 saturated heterocycles. The van der Waals surface area contributed by atoms with Crippen molar-refractivity contribution < 1.29 is 19.1 Å². The van der Waals surface area contributed by atoms with E-state index in [4.69, 9.17) is 15.2 Å². The Kier molecular flexibility index (Phi) is 5.66. The lowest BCUT2D eigenvalue weighted by atomic mass is 10.1. The number of pyridine rings is 1. The molecule has 9 nitrogen and oxygen atoms in total. The van der Waals surface area contributed by atoms with E-state index in [1.807, 2.05) is 20.8 Å². The molecule has 0 saturated carbocycles. The molecule has 0 spiro atoms. The Balaban J connectivity index is 1.95. The van der Waals surface area contributed by atoms with Gasteiger partial charge in [0.05, 0.1) is 16.9 Å². The SMILES string of the molecule is CC(C)(C)OC(=O)c1nn([C@@H]2CCCN(C(=O)OC(C)(C)C)C2)c2ccnc(N)c12. The van der Waals surface area contributed by atoms with Crippen LogP contribution in [0.1, 0.15) is 70.9 Å². The van der Waals surface area contributed by atoms with Gasteiger partial charge in [-0.2, -0.15) is 5.10 Å². The van der Waals surface area contributed by atoms with Gasteiger partial charge in [0.2, 0.25) is 0 Å². The maximum absolute atomic E-state index is 12.8. The molecule has 0 aromatic carbocycles. The third kappa shape index (κ3) is 4.83. The zero-order valence-corrected chi connectivity index (χ0v) is 18.6. The maximum Gasteiger partial charge on any atom is 0.410 e. The molecule has 3 heterocycles. The number of nitrogens with zero attached hydrogens (tertiary/aromatic N) is 4. The first-order valence-electron chi connectivity index (χ1n) is 10.2. The predicted molar refractivity (Wildman–Crippen MR) is 113 cm³/mol. The fourth-order valence-corrected chi connectivity index (χ4v) is 3.51. The van der Waals surface area contributed by atoms with E-state index >= 15 is 0 Å². The lowest BCUT2D eigenvalue weighted by Crippen LogP contribution is -2.43. The third-order valence-electron chi connectivity index (χ3n) is 4.64. The summed E-state index contributed by atoms with van der Waals surface area (Å²) < 4.78 is 12.8. The van der Waals surface area contributed by atoms with Gasteiger partial charge in [-0.3, -0.25) is 4.68 Å². The van der Waals surface area contributed by atoms with E-state index in [2.05, 4.69) is 10.1 Å². The van der Waals surface area contributed by atoms with E-state index in [0.717, 1.165) is 12.8 Å². The number of rotatable bonds is 2. The molecule has 164 valence electrons. The van der Waals surface area contributed by atoms with E-state index in [9.17, 15) is 9.59 Å². The molecule has 3 rings (SSSR count). The number of hydrogen-bond acceptors (Lipinski definition) is 7. The van der Waals surface area contributed by atoms with Gasteiger partial charge in [0.25, 0.3) is 0 Å². The Morgan fingerprint density at radius 3 is 2.43 bits per heavy atom. The average molecular weight is 418 g/mol. The Labute approximate surface area is 176 Å². The highest BCUT2D eigenvalue weighted by atomic mass is 16.6. The van der Waals surface area contributed by atoms with Crippen LogP contribution >= 0.6 is 0 Å². The smallest absolute Gasteiger partial charge is 0.410 e. The van der Waals surface area contributed by atoms with Crippen molar-refractivity contribution in [3.8, 4) is 0 Å².